The van der Waals surface area contributed by atoms with Gasteiger partial charge in [-0.2, -0.15) is 0 Å². The number of H-pyrrole nitrogens is 1. The summed E-state index contributed by atoms with van der Waals surface area (Å²) in [7, 11) is 0. The summed E-state index contributed by atoms with van der Waals surface area (Å²) in [6.45, 7) is 0. The predicted octanol–water partition coefficient (Wildman–Crippen LogP) is 1.50. The first kappa shape index (κ1) is 10.3. The number of hydrogen-bond acceptors (Lipinski definition) is 2. The fourth-order valence-electron chi connectivity index (χ4n) is 1.44. The number of pyridine rings is 1. The van der Waals surface area contributed by atoms with Gasteiger partial charge in [0.15, 0.2) is 0 Å². The third-order valence-electron chi connectivity index (χ3n) is 2.09. The van der Waals surface area contributed by atoms with E-state index in [2.05, 4.69) is 0 Å². The topological polar surface area (TPSA) is 70.2 Å². The normalized spacial score (nSPS) is 10.6. The van der Waals surface area contributed by atoms with Crippen LogP contribution in [-0.4, -0.2) is 16.1 Å². The molecule has 0 amide bonds. The van der Waals surface area contributed by atoms with Crippen LogP contribution in [0.4, 0.5) is 8.78 Å². The second-order valence-electron chi connectivity index (χ2n) is 3.17. The van der Waals surface area contributed by atoms with Crippen LogP contribution in [0.2, 0.25) is 0 Å². The van der Waals surface area contributed by atoms with Gasteiger partial charge in [-0.1, -0.05) is 0 Å². The molecule has 0 aliphatic heterocycles. The third-order valence-corrected chi connectivity index (χ3v) is 2.09. The molecule has 2 aromatic rings. The molecule has 0 bridgehead atoms. The van der Waals surface area contributed by atoms with Gasteiger partial charge in [0.05, 0.1) is 5.39 Å². The molecule has 6 heteroatoms. The zero-order valence-electron chi connectivity index (χ0n) is 7.75. The summed E-state index contributed by atoms with van der Waals surface area (Å²) in [5.74, 6) is -3.26. The van der Waals surface area contributed by atoms with Gasteiger partial charge in [0.25, 0.3) is 5.56 Å². The first-order valence-corrected chi connectivity index (χ1v) is 4.24. The smallest absolute Gasteiger partial charge is 0.352 e. The predicted molar refractivity (Wildman–Crippen MR) is 51.4 cm³/mol. The van der Waals surface area contributed by atoms with Crippen molar-refractivity contribution in [2.75, 3.05) is 0 Å². The van der Waals surface area contributed by atoms with Gasteiger partial charge in [0.2, 0.25) is 0 Å². The van der Waals surface area contributed by atoms with Crippen LogP contribution in [0.3, 0.4) is 0 Å². The Hall–Kier alpha value is -2.24. The molecular formula is C10H5F2NO3. The average molecular weight is 225 g/mol. The molecule has 1 heterocycles. The Morgan fingerprint density at radius 1 is 1.25 bits per heavy atom. The van der Waals surface area contributed by atoms with Gasteiger partial charge in [0.1, 0.15) is 17.3 Å². The number of rotatable bonds is 1. The van der Waals surface area contributed by atoms with E-state index in [1.165, 1.54) is 0 Å². The van der Waals surface area contributed by atoms with E-state index in [0.717, 1.165) is 12.1 Å². The number of hydrogen-bond donors (Lipinski definition) is 2. The summed E-state index contributed by atoms with van der Waals surface area (Å²) in [5.41, 5.74) is -1.31. The molecule has 1 aromatic heterocycles. The van der Waals surface area contributed by atoms with E-state index >= 15 is 0 Å². The van der Waals surface area contributed by atoms with Crippen LogP contribution in [-0.2, 0) is 0 Å². The number of carbonyl (C=O) groups is 1. The molecule has 2 rings (SSSR count). The van der Waals surface area contributed by atoms with Crippen molar-refractivity contribution < 1.29 is 18.7 Å². The van der Waals surface area contributed by atoms with E-state index in [0.29, 0.717) is 6.07 Å². The Morgan fingerprint density at radius 2 is 1.94 bits per heavy atom. The molecule has 4 nitrogen and oxygen atoms in total. The van der Waals surface area contributed by atoms with Gasteiger partial charge in [-0.25, -0.2) is 13.6 Å². The molecule has 0 aliphatic rings. The van der Waals surface area contributed by atoms with Crippen molar-refractivity contribution >= 4 is 16.7 Å². The summed E-state index contributed by atoms with van der Waals surface area (Å²) in [6, 6.07) is 2.48. The van der Waals surface area contributed by atoms with Crippen LogP contribution >= 0.6 is 0 Å². The van der Waals surface area contributed by atoms with Gasteiger partial charge in [-0.3, -0.25) is 4.79 Å². The molecule has 0 fully saturated rings. The Labute approximate surface area is 87.1 Å². The molecule has 0 atom stereocenters. The highest BCUT2D eigenvalue weighted by atomic mass is 19.1. The van der Waals surface area contributed by atoms with Crippen molar-refractivity contribution in [1.82, 2.24) is 4.98 Å². The number of carboxylic acid groups (broad SMARTS) is 1. The molecular weight excluding hydrogens is 220 g/mol. The lowest BCUT2D eigenvalue weighted by Gasteiger charge is -2.01. The minimum atomic E-state index is -1.37. The van der Waals surface area contributed by atoms with Crippen molar-refractivity contribution in [3.05, 3.63) is 45.9 Å². The van der Waals surface area contributed by atoms with Gasteiger partial charge >= 0.3 is 5.97 Å². The molecule has 2 N–H and O–H groups in total. The highest BCUT2D eigenvalue weighted by molar-refractivity contribution is 5.92. The summed E-state index contributed by atoms with van der Waals surface area (Å²) in [4.78, 5) is 24.0. The number of carboxylic acids is 1. The first-order valence-electron chi connectivity index (χ1n) is 4.24. The van der Waals surface area contributed by atoms with E-state index in [1.54, 1.807) is 0 Å². The largest absolute Gasteiger partial charge is 0.477 e. The Balaban J connectivity index is 2.93. The van der Waals surface area contributed by atoms with Crippen LogP contribution in [0.15, 0.2) is 23.0 Å². The number of aromatic amines is 1. The summed E-state index contributed by atoms with van der Waals surface area (Å²) in [5, 5.41) is 8.21. The van der Waals surface area contributed by atoms with Crippen molar-refractivity contribution in [2.24, 2.45) is 0 Å². The van der Waals surface area contributed by atoms with E-state index in [1.807, 2.05) is 4.98 Å². The van der Waals surface area contributed by atoms with E-state index in [-0.39, 0.29) is 10.8 Å². The van der Waals surface area contributed by atoms with Crippen molar-refractivity contribution in [3.8, 4) is 0 Å². The molecule has 1 aromatic carbocycles. The molecule has 0 spiro atoms. The lowest BCUT2D eigenvalue weighted by atomic mass is 10.1. The highest BCUT2D eigenvalue weighted by Crippen LogP contribution is 2.16. The second kappa shape index (κ2) is 3.41. The first-order chi connectivity index (χ1) is 7.49. The van der Waals surface area contributed by atoms with Crippen LogP contribution in [0.25, 0.3) is 10.8 Å². The highest BCUT2D eigenvalue weighted by Gasteiger charge is 2.12. The second-order valence-corrected chi connectivity index (χ2v) is 3.17. The average Bonchev–Trinajstić information content (AvgIpc) is 2.15. The van der Waals surface area contributed by atoms with Crippen molar-refractivity contribution in [3.63, 3.8) is 0 Å². The molecule has 0 aliphatic carbocycles. The number of halogens is 2. The number of nitrogens with one attached hydrogen (secondary N) is 1. The van der Waals surface area contributed by atoms with Gasteiger partial charge in [-0.05, 0) is 17.5 Å². The lowest BCUT2D eigenvalue weighted by Crippen LogP contribution is -2.14. The van der Waals surface area contributed by atoms with Crippen molar-refractivity contribution in [2.45, 2.75) is 0 Å². The van der Waals surface area contributed by atoms with Crippen LogP contribution in [0.1, 0.15) is 10.5 Å². The molecule has 16 heavy (non-hydrogen) atoms. The van der Waals surface area contributed by atoms with Crippen molar-refractivity contribution in [1.29, 1.82) is 0 Å². The van der Waals surface area contributed by atoms with Crippen LogP contribution < -0.4 is 5.56 Å². The lowest BCUT2D eigenvalue weighted by molar-refractivity contribution is 0.0690. The van der Waals surface area contributed by atoms with E-state index in [4.69, 9.17) is 5.11 Å². The Morgan fingerprint density at radius 3 is 2.56 bits per heavy atom. The van der Waals surface area contributed by atoms with Crippen LogP contribution in [0, 0.1) is 11.6 Å². The Kier molecular flexibility index (Phi) is 2.19. The quantitative estimate of drug-likeness (QED) is 0.772. The fourth-order valence-corrected chi connectivity index (χ4v) is 1.44. The summed E-state index contributed by atoms with van der Waals surface area (Å²) < 4.78 is 26.1. The molecule has 0 radical (unpaired) electrons. The maximum absolute atomic E-state index is 13.2. The van der Waals surface area contributed by atoms with Gasteiger partial charge < -0.3 is 10.1 Å². The van der Waals surface area contributed by atoms with Gasteiger partial charge in [0, 0.05) is 6.07 Å². The third kappa shape index (κ3) is 1.54. The minimum Gasteiger partial charge on any atom is -0.477 e. The van der Waals surface area contributed by atoms with E-state index < -0.39 is 28.9 Å². The summed E-state index contributed by atoms with van der Waals surface area (Å²) in [6.07, 6.45) is 0. The summed E-state index contributed by atoms with van der Waals surface area (Å²) >= 11 is 0. The van der Waals surface area contributed by atoms with Gasteiger partial charge in [-0.15, -0.1) is 0 Å². The fraction of sp³-hybridized carbons (Fsp3) is 0. The Bertz CT molecular complexity index is 648. The zero-order chi connectivity index (χ0) is 11.9. The molecule has 0 saturated heterocycles. The maximum Gasteiger partial charge on any atom is 0.352 e. The van der Waals surface area contributed by atoms with E-state index in [9.17, 15) is 18.4 Å². The molecule has 0 unspecified atom stereocenters. The number of fused-ring (bicyclic) bond motifs is 1. The SMILES string of the molecule is O=C(O)c1cc2cc(F)cc(F)c2c(=O)[nH]1. The number of benzene rings is 1. The maximum atomic E-state index is 13.2. The minimum absolute atomic E-state index is 0.0846. The monoisotopic (exact) mass is 225 g/mol. The number of aromatic nitrogens is 1. The number of aromatic carboxylic acids is 1. The standard InChI is InChI=1S/C10H5F2NO3/c11-5-1-4-2-7(10(15)16)13-9(14)8(4)6(12)3-5/h1-3H,(H,13,14)(H,15,16). The molecule has 0 saturated carbocycles. The van der Waals surface area contributed by atoms with Crippen LogP contribution in [0.5, 0.6) is 0 Å². The zero-order valence-corrected chi connectivity index (χ0v) is 7.75. The molecule has 82 valence electrons.